The van der Waals surface area contributed by atoms with E-state index in [-0.39, 0.29) is 0 Å². The van der Waals surface area contributed by atoms with Gasteiger partial charge in [-0.1, -0.05) is 59.1 Å². The van der Waals surface area contributed by atoms with E-state index in [1.54, 1.807) is 18.2 Å². The first-order chi connectivity index (χ1) is 14.0. The van der Waals surface area contributed by atoms with Crippen molar-refractivity contribution in [3.8, 4) is 17.3 Å². The number of fused-ring (bicyclic) bond motifs is 1. The third-order valence-electron chi connectivity index (χ3n) is 4.63. The van der Waals surface area contributed by atoms with E-state index in [1.807, 2.05) is 60.0 Å². The van der Waals surface area contributed by atoms with Gasteiger partial charge in [-0.2, -0.15) is 5.26 Å². The highest BCUT2D eigenvalue weighted by molar-refractivity contribution is 6.42. The molecule has 4 aromatic rings. The number of allylic oxidation sites excluding steroid dienone is 1. The van der Waals surface area contributed by atoms with E-state index < -0.39 is 0 Å². The van der Waals surface area contributed by atoms with Crippen molar-refractivity contribution >= 4 is 52.1 Å². The zero-order valence-corrected chi connectivity index (χ0v) is 17.6. The molecule has 0 N–H and O–H groups in total. The summed E-state index contributed by atoms with van der Waals surface area (Å²) in [4.78, 5) is 4.84. The fraction of sp³-hybridized carbons (Fsp3) is 0.0435. The van der Waals surface area contributed by atoms with Crippen molar-refractivity contribution in [2.75, 3.05) is 0 Å². The van der Waals surface area contributed by atoms with E-state index in [0.29, 0.717) is 26.2 Å². The number of nitriles is 1. The van der Waals surface area contributed by atoms with Gasteiger partial charge in [0.2, 0.25) is 0 Å². The quantitative estimate of drug-likeness (QED) is 0.314. The van der Waals surface area contributed by atoms with Crippen molar-refractivity contribution in [2.45, 2.75) is 6.92 Å². The van der Waals surface area contributed by atoms with E-state index in [9.17, 15) is 5.26 Å². The van der Waals surface area contributed by atoms with Crippen molar-refractivity contribution < 1.29 is 0 Å². The van der Waals surface area contributed by atoms with Crippen LogP contribution < -0.4 is 0 Å². The number of nitrogens with zero attached hydrogens (tertiary/aromatic N) is 3. The van der Waals surface area contributed by atoms with Gasteiger partial charge in [-0.3, -0.25) is 4.40 Å². The number of imidazole rings is 1. The van der Waals surface area contributed by atoms with Crippen LogP contribution in [-0.4, -0.2) is 9.38 Å². The molecule has 0 aliphatic heterocycles. The average molecular weight is 439 g/mol. The second kappa shape index (κ2) is 7.93. The molecule has 3 nitrogen and oxygen atoms in total. The number of pyridine rings is 1. The first-order valence-electron chi connectivity index (χ1n) is 8.79. The lowest BCUT2D eigenvalue weighted by Crippen LogP contribution is -1.91. The molecule has 0 spiro atoms. The first-order valence-corrected chi connectivity index (χ1v) is 9.92. The molecular formula is C23H14Cl3N3. The minimum Gasteiger partial charge on any atom is -0.299 e. The van der Waals surface area contributed by atoms with Gasteiger partial charge in [-0.25, -0.2) is 4.98 Å². The van der Waals surface area contributed by atoms with Crippen LogP contribution in [0, 0.1) is 18.3 Å². The summed E-state index contributed by atoms with van der Waals surface area (Å²) in [6.07, 6.45) is 3.76. The van der Waals surface area contributed by atoms with Crippen molar-refractivity contribution in [1.82, 2.24) is 9.38 Å². The predicted molar refractivity (Wildman–Crippen MR) is 120 cm³/mol. The molecule has 0 amide bonds. The number of benzene rings is 2. The Hall–Kier alpha value is -2.77. The molecule has 29 heavy (non-hydrogen) atoms. The normalized spacial score (nSPS) is 11.6. The lowest BCUT2D eigenvalue weighted by Gasteiger charge is -2.05. The van der Waals surface area contributed by atoms with Gasteiger partial charge in [-0.15, -0.1) is 0 Å². The molecular weight excluding hydrogens is 425 g/mol. The minimum atomic E-state index is 0.400. The smallest absolute Gasteiger partial charge is 0.140 e. The Balaban J connectivity index is 1.98. The summed E-state index contributed by atoms with van der Waals surface area (Å²) in [5.41, 5.74) is 5.49. The van der Waals surface area contributed by atoms with E-state index in [4.69, 9.17) is 39.8 Å². The number of aryl methyl sites for hydroxylation is 1. The maximum Gasteiger partial charge on any atom is 0.140 e. The highest BCUT2D eigenvalue weighted by atomic mass is 35.5. The van der Waals surface area contributed by atoms with Gasteiger partial charge in [0.05, 0.1) is 33.1 Å². The lowest BCUT2D eigenvalue weighted by molar-refractivity contribution is 1.15. The van der Waals surface area contributed by atoms with Crippen molar-refractivity contribution in [2.24, 2.45) is 0 Å². The largest absolute Gasteiger partial charge is 0.299 e. The van der Waals surface area contributed by atoms with Crippen molar-refractivity contribution in [1.29, 1.82) is 5.26 Å². The summed E-state index contributed by atoms with van der Waals surface area (Å²) in [5.74, 6) is 0. The molecule has 0 atom stereocenters. The third-order valence-corrected chi connectivity index (χ3v) is 5.62. The molecule has 2 heterocycles. The van der Waals surface area contributed by atoms with Gasteiger partial charge in [0.1, 0.15) is 5.65 Å². The Morgan fingerprint density at radius 3 is 2.48 bits per heavy atom. The maximum absolute atomic E-state index is 9.82. The van der Waals surface area contributed by atoms with Crippen LogP contribution in [-0.2, 0) is 0 Å². The van der Waals surface area contributed by atoms with Gasteiger partial charge in [0, 0.05) is 16.8 Å². The molecule has 6 heteroatoms. The highest BCUT2D eigenvalue weighted by Gasteiger charge is 2.15. The van der Waals surface area contributed by atoms with Crippen molar-refractivity contribution in [3.05, 3.63) is 92.7 Å². The fourth-order valence-corrected chi connectivity index (χ4v) is 3.58. The zero-order chi connectivity index (χ0) is 20.5. The van der Waals surface area contributed by atoms with Crippen LogP contribution in [0.15, 0.2) is 60.8 Å². The van der Waals surface area contributed by atoms with Gasteiger partial charge < -0.3 is 0 Å². The van der Waals surface area contributed by atoms with Gasteiger partial charge in [0.25, 0.3) is 0 Å². The van der Waals surface area contributed by atoms with E-state index in [1.165, 1.54) is 0 Å². The molecule has 0 unspecified atom stereocenters. The Labute approximate surface area is 183 Å². The van der Waals surface area contributed by atoms with Crippen LogP contribution in [0.1, 0.15) is 16.8 Å². The maximum atomic E-state index is 9.82. The molecule has 0 aliphatic carbocycles. The Kier molecular flexibility index (Phi) is 5.34. The third kappa shape index (κ3) is 3.75. The molecule has 0 radical (unpaired) electrons. The average Bonchev–Trinajstić information content (AvgIpc) is 3.08. The van der Waals surface area contributed by atoms with Gasteiger partial charge in [0.15, 0.2) is 0 Å². The number of aromatic nitrogens is 2. The topological polar surface area (TPSA) is 41.1 Å². The van der Waals surface area contributed by atoms with Crippen LogP contribution in [0.4, 0.5) is 0 Å². The summed E-state index contributed by atoms with van der Waals surface area (Å²) >= 11 is 18.2. The van der Waals surface area contributed by atoms with Crippen LogP contribution in [0.5, 0.6) is 0 Å². The summed E-state index contributed by atoms with van der Waals surface area (Å²) < 4.78 is 1.98. The summed E-state index contributed by atoms with van der Waals surface area (Å²) in [6, 6.07) is 18.9. The standard InChI is InChI=1S/C23H14Cl3N3/c1-14-3-2-10-29-21(12-17(13-27)16-6-9-19(25)20(26)11-16)22(28-23(14)29)15-4-7-18(24)8-5-15/h2-12H,1H3/b17-12+. The molecule has 142 valence electrons. The fourth-order valence-electron chi connectivity index (χ4n) is 3.16. The van der Waals surface area contributed by atoms with Gasteiger partial charge in [-0.05, 0) is 54.5 Å². The second-order valence-corrected chi connectivity index (χ2v) is 7.79. The molecule has 2 aromatic carbocycles. The van der Waals surface area contributed by atoms with Crippen LogP contribution in [0.25, 0.3) is 28.6 Å². The molecule has 0 aliphatic rings. The van der Waals surface area contributed by atoms with Gasteiger partial charge >= 0.3 is 0 Å². The predicted octanol–water partition coefficient (Wildman–Crippen LogP) is 7.33. The highest BCUT2D eigenvalue weighted by Crippen LogP contribution is 2.31. The van der Waals surface area contributed by atoms with E-state index >= 15 is 0 Å². The number of hydrogen-bond acceptors (Lipinski definition) is 2. The van der Waals surface area contributed by atoms with E-state index in [2.05, 4.69) is 6.07 Å². The first kappa shape index (κ1) is 19.5. The molecule has 0 fully saturated rings. The van der Waals surface area contributed by atoms with Crippen molar-refractivity contribution in [3.63, 3.8) is 0 Å². The molecule has 2 aromatic heterocycles. The zero-order valence-electron chi connectivity index (χ0n) is 15.3. The molecule has 0 saturated carbocycles. The number of rotatable bonds is 3. The molecule has 0 bridgehead atoms. The Morgan fingerprint density at radius 1 is 1.03 bits per heavy atom. The molecule has 0 saturated heterocycles. The minimum absolute atomic E-state index is 0.400. The van der Waals surface area contributed by atoms with Crippen LogP contribution in [0.3, 0.4) is 0 Å². The number of hydrogen-bond donors (Lipinski definition) is 0. The SMILES string of the molecule is Cc1cccn2c(/C=C(\C#N)c3ccc(Cl)c(Cl)c3)c(-c3ccc(Cl)cc3)nc12. The monoisotopic (exact) mass is 437 g/mol. The Morgan fingerprint density at radius 2 is 1.79 bits per heavy atom. The molecule has 4 rings (SSSR count). The van der Waals surface area contributed by atoms with Crippen LogP contribution in [0.2, 0.25) is 15.1 Å². The van der Waals surface area contributed by atoms with Crippen LogP contribution >= 0.6 is 34.8 Å². The summed E-state index contributed by atoms with van der Waals surface area (Å²) in [6.45, 7) is 2.01. The Bertz CT molecular complexity index is 1300. The lowest BCUT2D eigenvalue weighted by atomic mass is 10.0. The summed E-state index contributed by atoms with van der Waals surface area (Å²) in [7, 11) is 0. The summed E-state index contributed by atoms with van der Waals surface area (Å²) in [5, 5.41) is 11.3. The van der Waals surface area contributed by atoms with E-state index in [0.717, 1.165) is 28.2 Å². The number of halogens is 3. The second-order valence-electron chi connectivity index (χ2n) is 6.54.